The molecule has 1 aliphatic heterocycles. The molecule has 114 valence electrons. The molecule has 0 saturated carbocycles. The van der Waals surface area contributed by atoms with Crippen LogP contribution in [0.1, 0.15) is 25.3 Å². The van der Waals surface area contributed by atoms with Crippen molar-refractivity contribution in [2.75, 3.05) is 24.6 Å². The zero-order valence-electron chi connectivity index (χ0n) is 12.1. The minimum Gasteiger partial charge on any atom is -0.478 e. The van der Waals surface area contributed by atoms with Gasteiger partial charge in [0.05, 0.1) is 16.8 Å². The molecule has 5 heteroatoms. The summed E-state index contributed by atoms with van der Waals surface area (Å²) in [6.45, 7) is 4.48. The lowest BCUT2D eigenvalue weighted by Crippen LogP contribution is -2.37. The van der Waals surface area contributed by atoms with Gasteiger partial charge in [0, 0.05) is 25.8 Å². The first-order chi connectivity index (χ1) is 10.1. The maximum atomic E-state index is 10.7. The highest BCUT2D eigenvalue weighted by Crippen LogP contribution is 2.33. The normalized spacial score (nSPS) is 16.6. The highest BCUT2D eigenvalue weighted by molar-refractivity contribution is 6.33. The molecule has 0 atom stereocenters. The number of carboxylic acids is 1. The van der Waals surface area contributed by atoms with Crippen LogP contribution < -0.4 is 4.90 Å². The molecule has 1 saturated heterocycles. The Labute approximate surface area is 130 Å². The Kier molecular flexibility index (Phi) is 5.65. The molecule has 0 spiro atoms. The van der Waals surface area contributed by atoms with Crippen molar-refractivity contribution in [3.05, 3.63) is 34.9 Å². The number of hydrogen-bond acceptors (Lipinski definition) is 3. The average molecular weight is 310 g/mol. The third-order valence-corrected chi connectivity index (χ3v) is 3.89. The number of ether oxygens (including phenoxy) is 1. The van der Waals surface area contributed by atoms with Gasteiger partial charge in [-0.05, 0) is 37.5 Å². The van der Waals surface area contributed by atoms with Crippen LogP contribution in [0.25, 0.3) is 6.08 Å². The molecular weight excluding hydrogens is 290 g/mol. The van der Waals surface area contributed by atoms with Crippen molar-refractivity contribution in [3.8, 4) is 0 Å². The molecule has 1 aromatic carbocycles. The van der Waals surface area contributed by atoms with E-state index in [1.165, 1.54) is 0 Å². The van der Waals surface area contributed by atoms with Gasteiger partial charge in [-0.2, -0.15) is 0 Å². The van der Waals surface area contributed by atoms with Crippen LogP contribution in [-0.4, -0.2) is 36.9 Å². The average Bonchev–Trinajstić information content (AvgIpc) is 2.46. The summed E-state index contributed by atoms with van der Waals surface area (Å²) in [6, 6.07) is 5.55. The Balaban J connectivity index is 2.17. The molecule has 0 radical (unpaired) electrons. The number of anilines is 1. The summed E-state index contributed by atoms with van der Waals surface area (Å²) in [5.74, 6) is -0.962. The minimum absolute atomic E-state index is 0.312. The fourth-order valence-corrected chi connectivity index (χ4v) is 2.94. The van der Waals surface area contributed by atoms with Gasteiger partial charge in [-0.15, -0.1) is 0 Å². The third-order valence-electron chi connectivity index (χ3n) is 3.58. The van der Waals surface area contributed by atoms with Gasteiger partial charge >= 0.3 is 5.97 Å². The van der Waals surface area contributed by atoms with E-state index < -0.39 is 5.97 Å². The smallest absolute Gasteiger partial charge is 0.328 e. The number of para-hydroxylation sites is 1. The van der Waals surface area contributed by atoms with Crippen LogP contribution in [0.3, 0.4) is 0 Å². The van der Waals surface area contributed by atoms with Gasteiger partial charge in [-0.25, -0.2) is 4.79 Å². The van der Waals surface area contributed by atoms with Gasteiger partial charge in [0.25, 0.3) is 0 Å². The molecule has 0 bridgehead atoms. The summed E-state index contributed by atoms with van der Waals surface area (Å²) in [6.07, 6.45) is 4.97. The topological polar surface area (TPSA) is 49.8 Å². The predicted octanol–water partition coefficient (Wildman–Crippen LogP) is 3.44. The molecule has 1 aliphatic rings. The summed E-state index contributed by atoms with van der Waals surface area (Å²) < 4.78 is 5.66. The summed E-state index contributed by atoms with van der Waals surface area (Å²) in [5, 5.41) is 9.44. The van der Waals surface area contributed by atoms with E-state index in [1.54, 1.807) is 6.08 Å². The number of halogens is 1. The van der Waals surface area contributed by atoms with Crippen molar-refractivity contribution in [2.24, 2.45) is 0 Å². The van der Waals surface area contributed by atoms with Crippen LogP contribution in [0.2, 0.25) is 5.02 Å². The number of benzene rings is 1. The lowest BCUT2D eigenvalue weighted by molar-refractivity contribution is -0.131. The molecule has 0 aromatic heterocycles. The highest BCUT2D eigenvalue weighted by atomic mass is 35.5. The fourth-order valence-electron chi connectivity index (χ4n) is 2.64. The zero-order chi connectivity index (χ0) is 15.2. The standard InChI is InChI=1S/C16H20ClNO3/c1-2-21-13-8-10-18(11-9-13)16-12(6-7-15(19)20)4-3-5-14(16)17/h3-7,13H,2,8-11H2,1H3,(H,19,20)/b7-6+. The second kappa shape index (κ2) is 7.48. The van der Waals surface area contributed by atoms with Crippen molar-refractivity contribution < 1.29 is 14.6 Å². The van der Waals surface area contributed by atoms with Crippen molar-refractivity contribution in [2.45, 2.75) is 25.9 Å². The minimum atomic E-state index is -0.962. The molecule has 1 heterocycles. The van der Waals surface area contributed by atoms with Crippen molar-refractivity contribution >= 4 is 29.3 Å². The Hall–Kier alpha value is -1.52. The Morgan fingerprint density at radius 2 is 2.19 bits per heavy atom. The van der Waals surface area contributed by atoms with Crippen LogP contribution >= 0.6 is 11.6 Å². The molecule has 0 amide bonds. The van der Waals surface area contributed by atoms with Crippen molar-refractivity contribution in [1.82, 2.24) is 0 Å². The highest BCUT2D eigenvalue weighted by Gasteiger charge is 2.22. The first kappa shape index (κ1) is 15.9. The van der Waals surface area contributed by atoms with Crippen molar-refractivity contribution in [3.63, 3.8) is 0 Å². The van der Waals surface area contributed by atoms with Crippen LogP contribution in [-0.2, 0) is 9.53 Å². The van der Waals surface area contributed by atoms with E-state index in [-0.39, 0.29) is 0 Å². The number of piperidine rings is 1. The fraction of sp³-hybridized carbons (Fsp3) is 0.438. The quantitative estimate of drug-likeness (QED) is 0.846. The summed E-state index contributed by atoms with van der Waals surface area (Å²) in [7, 11) is 0. The van der Waals surface area contributed by atoms with E-state index in [2.05, 4.69) is 4.90 Å². The van der Waals surface area contributed by atoms with Gasteiger partial charge < -0.3 is 14.7 Å². The first-order valence-corrected chi connectivity index (χ1v) is 7.55. The van der Waals surface area contributed by atoms with E-state index >= 15 is 0 Å². The number of hydrogen-bond donors (Lipinski definition) is 1. The monoisotopic (exact) mass is 309 g/mol. The number of nitrogens with zero attached hydrogens (tertiary/aromatic N) is 1. The molecule has 0 unspecified atom stereocenters. The van der Waals surface area contributed by atoms with Crippen LogP contribution in [0, 0.1) is 0 Å². The Morgan fingerprint density at radius 1 is 1.48 bits per heavy atom. The summed E-state index contributed by atoms with van der Waals surface area (Å²) in [4.78, 5) is 12.9. The summed E-state index contributed by atoms with van der Waals surface area (Å²) in [5.41, 5.74) is 1.74. The third kappa shape index (κ3) is 4.22. The molecule has 4 nitrogen and oxygen atoms in total. The number of rotatable bonds is 5. The van der Waals surface area contributed by atoms with E-state index in [4.69, 9.17) is 21.4 Å². The second-order valence-electron chi connectivity index (χ2n) is 4.99. The van der Waals surface area contributed by atoms with Crippen molar-refractivity contribution in [1.29, 1.82) is 0 Å². The van der Waals surface area contributed by atoms with Crippen LogP contribution in [0.15, 0.2) is 24.3 Å². The van der Waals surface area contributed by atoms with Gasteiger partial charge in [0.2, 0.25) is 0 Å². The molecule has 21 heavy (non-hydrogen) atoms. The molecule has 1 fully saturated rings. The maximum absolute atomic E-state index is 10.7. The number of carbonyl (C=O) groups is 1. The van der Waals surface area contributed by atoms with Gasteiger partial charge in [-0.3, -0.25) is 0 Å². The summed E-state index contributed by atoms with van der Waals surface area (Å²) >= 11 is 6.32. The zero-order valence-corrected chi connectivity index (χ0v) is 12.8. The SMILES string of the molecule is CCOC1CCN(c2c(Cl)cccc2/C=C/C(=O)O)CC1. The molecule has 2 rings (SSSR count). The van der Waals surface area contributed by atoms with Gasteiger partial charge in [0.1, 0.15) is 0 Å². The van der Waals surface area contributed by atoms with E-state index in [0.29, 0.717) is 11.1 Å². The first-order valence-electron chi connectivity index (χ1n) is 7.18. The number of aliphatic carboxylic acids is 1. The lowest BCUT2D eigenvalue weighted by Gasteiger charge is -2.34. The maximum Gasteiger partial charge on any atom is 0.328 e. The van der Waals surface area contributed by atoms with E-state index in [9.17, 15) is 4.79 Å². The predicted molar refractivity (Wildman–Crippen MR) is 85.0 cm³/mol. The second-order valence-corrected chi connectivity index (χ2v) is 5.40. The lowest BCUT2D eigenvalue weighted by atomic mass is 10.0. The van der Waals surface area contributed by atoms with Crippen LogP contribution in [0.4, 0.5) is 5.69 Å². The van der Waals surface area contributed by atoms with Gasteiger partial charge in [0.15, 0.2) is 0 Å². The Bertz CT molecular complexity index is 522. The largest absolute Gasteiger partial charge is 0.478 e. The van der Waals surface area contributed by atoms with Crippen LogP contribution in [0.5, 0.6) is 0 Å². The van der Waals surface area contributed by atoms with E-state index in [0.717, 1.165) is 49.9 Å². The van der Waals surface area contributed by atoms with E-state index in [1.807, 2.05) is 25.1 Å². The molecular formula is C16H20ClNO3. The Morgan fingerprint density at radius 3 is 2.81 bits per heavy atom. The molecule has 1 N–H and O–H groups in total. The van der Waals surface area contributed by atoms with Gasteiger partial charge in [-0.1, -0.05) is 23.7 Å². The number of carboxylic acid groups (broad SMARTS) is 1. The molecule has 1 aromatic rings. The molecule has 0 aliphatic carbocycles.